The van der Waals surface area contributed by atoms with E-state index in [-0.39, 0.29) is 0 Å². The lowest BCUT2D eigenvalue weighted by Gasteiger charge is -2.45. The van der Waals surface area contributed by atoms with Gasteiger partial charge < -0.3 is 10.2 Å². The van der Waals surface area contributed by atoms with Crippen LogP contribution in [0.4, 0.5) is 0 Å². The zero-order chi connectivity index (χ0) is 14.4. The molecular formula is C18H16O2. The quantitative estimate of drug-likeness (QED) is 0.818. The number of fused-ring (bicyclic) bond motifs is 3. The maximum Gasteiger partial charge on any atom is 0.144 e. The first-order chi connectivity index (χ1) is 9.58. The van der Waals surface area contributed by atoms with E-state index < -0.39 is 11.2 Å². The van der Waals surface area contributed by atoms with Crippen LogP contribution in [-0.2, 0) is 11.2 Å². The van der Waals surface area contributed by atoms with Gasteiger partial charge in [0.15, 0.2) is 0 Å². The molecule has 0 radical (unpaired) electrons. The standard InChI is InChI=1S/C18H16O2/c1-3-17(19)15-11-7-5-9-13(15)14-10-6-8-12-16(14)18(17,20)4-2/h3-12,19-20H,1-2H2/t17-,18-/m1/s1. The van der Waals surface area contributed by atoms with Gasteiger partial charge in [-0.25, -0.2) is 0 Å². The highest BCUT2D eigenvalue weighted by molar-refractivity contribution is 5.78. The Kier molecular flexibility index (Phi) is 2.68. The zero-order valence-electron chi connectivity index (χ0n) is 11.1. The van der Waals surface area contributed by atoms with Crippen LogP contribution in [0.25, 0.3) is 11.1 Å². The highest BCUT2D eigenvalue weighted by Crippen LogP contribution is 2.52. The molecule has 0 amide bonds. The van der Waals surface area contributed by atoms with Gasteiger partial charge in [-0.05, 0) is 22.3 Å². The van der Waals surface area contributed by atoms with Crippen molar-refractivity contribution in [1.29, 1.82) is 0 Å². The summed E-state index contributed by atoms with van der Waals surface area (Å²) in [5.74, 6) is 0. The molecule has 0 aliphatic heterocycles. The smallest absolute Gasteiger partial charge is 0.144 e. The fourth-order valence-corrected chi connectivity index (χ4v) is 3.04. The first-order valence-corrected chi connectivity index (χ1v) is 6.50. The van der Waals surface area contributed by atoms with Crippen molar-refractivity contribution < 1.29 is 10.2 Å². The molecule has 1 aliphatic rings. The summed E-state index contributed by atoms with van der Waals surface area (Å²) in [6, 6.07) is 15.0. The molecule has 2 N–H and O–H groups in total. The summed E-state index contributed by atoms with van der Waals surface area (Å²) in [6.45, 7) is 7.43. The lowest BCUT2D eigenvalue weighted by atomic mass is 9.65. The Hall–Kier alpha value is -2.16. The van der Waals surface area contributed by atoms with E-state index in [1.807, 2.05) is 36.4 Å². The van der Waals surface area contributed by atoms with Crippen molar-refractivity contribution in [2.45, 2.75) is 11.2 Å². The van der Waals surface area contributed by atoms with E-state index in [1.54, 1.807) is 12.1 Å². The van der Waals surface area contributed by atoms with Crippen molar-refractivity contribution in [1.82, 2.24) is 0 Å². The van der Waals surface area contributed by atoms with E-state index in [1.165, 1.54) is 12.2 Å². The second-order valence-electron chi connectivity index (χ2n) is 5.03. The molecule has 0 spiro atoms. The number of benzene rings is 2. The molecule has 2 nitrogen and oxygen atoms in total. The molecule has 0 heterocycles. The number of hydrogen-bond donors (Lipinski definition) is 2. The Morgan fingerprint density at radius 3 is 1.40 bits per heavy atom. The van der Waals surface area contributed by atoms with Gasteiger partial charge in [0.05, 0.1) is 0 Å². The molecule has 0 saturated heterocycles. The van der Waals surface area contributed by atoms with Crippen LogP contribution in [0, 0.1) is 0 Å². The molecule has 2 atom stereocenters. The van der Waals surface area contributed by atoms with Crippen LogP contribution in [0.1, 0.15) is 11.1 Å². The van der Waals surface area contributed by atoms with Gasteiger partial charge in [0, 0.05) is 0 Å². The average molecular weight is 264 g/mol. The van der Waals surface area contributed by atoms with E-state index in [0.29, 0.717) is 11.1 Å². The van der Waals surface area contributed by atoms with Gasteiger partial charge in [0.2, 0.25) is 0 Å². The molecule has 0 aromatic heterocycles. The van der Waals surface area contributed by atoms with Crippen LogP contribution in [0.15, 0.2) is 73.8 Å². The zero-order valence-corrected chi connectivity index (χ0v) is 11.1. The number of hydrogen-bond acceptors (Lipinski definition) is 2. The van der Waals surface area contributed by atoms with Gasteiger partial charge >= 0.3 is 0 Å². The highest BCUT2D eigenvalue weighted by atomic mass is 16.4. The Labute approximate surface area is 118 Å². The predicted octanol–water partition coefficient (Wildman–Crippen LogP) is 3.11. The van der Waals surface area contributed by atoms with E-state index in [2.05, 4.69) is 13.2 Å². The molecule has 20 heavy (non-hydrogen) atoms. The molecular weight excluding hydrogens is 248 g/mol. The third-order valence-corrected chi connectivity index (χ3v) is 4.14. The molecule has 3 rings (SSSR count). The van der Waals surface area contributed by atoms with Crippen LogP contribution >= 0.6 is 0 Å². The van der Waals surface area contributed by atoms with Crippen LogP contribution in [0.5, 0.6) is 0 Å². The first kappa shape index (κ1) is 12.9. The Balaban J connectivity index is 2.48. The summed E-state index contributed by atoms with van der Waals surface area (Å²) in [5, 5.41) is 22.1. The third kappa shape index (κ3) is 1.35. The Bertz CT molecular complexity index is 643. The molecule has 2 aromatic carbocycles. The molecule has 0 fully saturated rings. The number of rotatable bonds is 2. The lowest BCUT2D eigenvalue weighted by Crippen LogP contribution is -2.49. The average Bonchev–Trinajstić information content (AvgIpc) is 2.52. The fourth-order valence-electron chi connectivity index (χ4n) is 3.04. The Morgan fingerprint density at radius 2 is 1.05 bits per heavy atom. The summed E-state index contributed by atoms with van der Waals surface area (Å²) in [5.41, 5.74) is -0.124. The Morgan fingerprint density at radius 1 is 0.700 bits per heavy atom. The van der Waals surface area contributed by atoms with Gasteiger partial charge in [-0.15, -0.1) is 0 Å². The van der Waals surface area contributed by atoms with Gasteiger partial charge in [0.1, 0.15) is 11.2 Å². The number of aliphatic hydroxyl groups is 2. The molecule has 0 unspecified atom stereocenters. The molecule has 100 valence electrons. The maximum absolute atomic E-state index is 11.1. The summed E-state index contributed by atoms with van der Waals surface area (Å²) in [6.07, 6.45) is 2.76. The lowest BCUT2D eigenvalue weighted by molar-refractivity contribution is -0.103. The minimum absolute atomic E-state index is 0.635. The predicted molar refractivity (Wildman–Crippen MR) is 80.1 cm³/mol. The first-order valence-electron chi connectivity index (χ1n) is 6.50. The van der Waals surface area contributed by atoms with E-state index in [4.69, 9.17) is 0 Å². The summed E-state index contributed by atoms with van der Waals surface area (Å²) >= 11 is 0. The van der Waals surface area contributed by atoms with Crippen molar-refractivity contribution in [3.05, 3.63) is 85.0 Å². The second-order valence-corrected chi connectivity index (χ2v) is 5.03. The summed E-state index contributed by atoms with van der Waals surface area (Å²) in [4.78, 5) is 0. The summed E-state index contributed by atoms with van der Waals surface area (Å²) < 4.78 is 0. The van der Waals surface area contributed by atoms with Crippen molar-refractivity contribution in [2.75, 3.05) is 0 Å². The van der Waals surface area contributed by atoms with Gasteiger partial charge in [0.25, 0.3) is 0 Å². The van der Waals surface area contributed by atoms with E-state index in [0.717, 1.165) is 11.1 Å². The minimum atomic E-state index is -1.60. The maximum atomic E-state index is 11.1. The monoisotopic (exact) mass is 264 g/mol. The second kappa shape index (κ2) is 4.17. The topological polar surface area (TPSA) is 40.5 Å². The SMILES string of the molecule is C=C[C@@]1(O)c2ccccc2-c2ccccc2[C@]1(O)C=C. The van der Waals surface area contributed by atoms with Gasteiger partial charge in [-0.2, -0.15) is 0 Å². The minimum Gasteiger partial charge on any atom is -0.377 e. The third-order valence-electron chi connectivity index (χ3n) is 4.14. The fraction of sp³-hybridized carbons (Fsp3) is 0.111. The van der Waals surface area contributed by atoms with E-state index >= 15 is 0 Å². The van der Waals surface area contributed by atoms with Crippen molar-refractivity contribution >= 4 is 0 Å². The molecule has 2 aromatic rings. The van der Waals surface area contributed by atoms with E-state index in [9.17, 15) is 10.2 Å². The molecule has 1 aliphatic carbocycles. The van der Waals surface area contributed by atoms with Crippen LogP contribution < -0.4 is 0 Å². The summed E-state index contributed by atoms with van der Waals surface area (Å²) in [7, 11) is 0. The molecule has 2 heteroatoms. The van der Waals surface area contributed by atoms with Crippen LogP contribution in [0.3, 0.4) is 0 Å². The van der Waals surface area contributed by atoms with Crippen molar-refractivity contribution in [3.8, 4) is 11.1 Å². The van der Waals surface area contributed by atoms with Crippen LogP contribution in [0.2, 0.25) is 0 Å². The van der Waals surface area contributed by atoms with Gasteiger partial charge in [-0.3, -0.25) is 0 Å². The highest BCUT2D eigenvalue weighted by Gasteiger charge is 2.52. The normalized spacial score (nSPS) is 27.3. The largest absolute Gasteiger partial charge is 0.377 e. The van der Waals surface area contributed by atoms with Crippen molar-refractivity contribution in [2.24, 2.45) is 0 Å². The molecule has 0 saturated carbocycles. The van der Waals surface area contributed by atoms with Crippen LogP contribution in [-0.4, -0.2) is 10.2 Å². The van der Waals surface area contributed by atoms with Gasteiger partial charge in [-0.1, -0.05) is 73.8 Å². The van der Waals surface area contributed by atoms with Crippen molar-refractivity contribution in [3.63, 3.8) is 0 Å². The molecule has 0 bridgehead atoms.